The molecule has 0 heterocycles. The second kappa shape index (κ2) is 19.3. The Bertz CT molecular complexity index is 104. The van der Waals surface area contributed by atoms with E-state index in [4.69, 9.17) is 17.5 Å². The fraction of sp³-hybridized carbons (Fsp3) is 0. The summed E-state index contributed by atoms with van der Waals surface area (Å²) in [5.74, 6) is 0. The molecular formula is H11AlCa3MnO4S. The first-order chi connectivity index (χ1) is 2.00. The molecule has 0 aromatic carbocycles. The maximum atomic E-state index is 8.74. The van der Waals surface area contributed by atoms with Crippen molar-refractivity contribution in [3.8, 4) is 0 Å². The van der Waals surface area contributed by atoms with Crippen LogP contribution in [-0.2, 0) is 27.5 Å². The van der Waals surface area contributed by atoms with E-state index in [9.17, 15) is 0 Å². The molecule has 0 bridgehead atoms. The van der Waals surface area contributed by atoms with Crippen LogP contribution in [0, 0.1) is 0 Å². The van der Waals surface area contributed by atoms with E-state index in [2.05, 4.69) is 0 Å². The van der Waals surface area contributed by atoms with Crippen LogP contribution >= 0.6 is 0 Å². The van der Waals surface area contributed by atoms with Crippen molar-refractivity contribution >= 4 is 141 Å². The fourth-order valence-electron chi connectivity index (χ4n) is 0. The molecule has 0 aliphatic heterocycles. The van der Waals surface area contributed by atoms with Gasteiger partial charge in [-0.1, -0.05) is 0 Å². The molecule has 10 heteroatoms. The van der Waals surface area contributed by atoms with Crippen LogP contribution in [0.4, 0.5) is 0 Å². The average molecular weight is 309 g/mol. The van der Waals surface area contributed by atoms with Gasteiger partial charge in [0.1, 0.15) is 0 Å². The smallest absolute Gasteiger partial charge is 0 e. The monoisotopic (exact) mass is 309 g/mol. The van der Waals surface area contributed by atoms with E-state index in [-0.39, 0.29) is 148 Å². The molecule has 2 N–H and O–H groups in total. The average Bonchev–Trinajstić information content (AvgIpc) is 0.722. The fourth-order valence-corrected chi connectivity index (χ4v) is 0. The van der Waals surface area contributed by atoms with Crippen molar-refractivity contribution < 1.29 is 34.6 Å². The van der Waals surface area contributed by atoms with E-state index in [0.29, 0.717) is 0 Å². The van der Waals surface area contributed by atoms with E-state index < -0.39 is 10.4 Å². The van der Waals surface area contributed by atoms with Gasteiger partial charge in [0.2, 0.25) is 0 Å². The predicted octanol–water partition coefficient (Wildman–Crippen LogP) is -4.59. The number of rotatable bonds is 0. The van der Waals surface area contributed by atoms with E-state index >= 15 is 0 Å². The SMILES string of the molecule is O=S(=O)(O)O.[AlH3].[CaH2].[CaH2].[CaH2].[Mn]. The molecule has 0 fully saturated rings. The topological polar surface area (TPSA) is 74.6 Å². The molecular weight excluding hydrogens is 298 g/mol. The molecule has 0 amide bonds. The summed E-state index contributed by atoms with van der Waals surface area (Å²) in [6.07, 6.45) is 0. The Kier molecular flexibility index (Phi) is 70.4. The molecule has 4 nitrogen and oxygen atoms in total. The van der Waals surface area contributed by atoms with Gasteiger partial charge in [-0.25, -0.2) is 0 Å². The van der Waals surface area contributed by atoms with Crippen LogP contribution in [0.25, 0.3) is 0 Å². The van der Waals surface area contributed by atoms with Gasteiger partial charge in [-0.15, -0.1) is 0 Å². The van der Waals surface area contributed by atoms with Crippen LogP contribution < -0.4 is 0 Å². The second-order valence-electron chi connectivity index (χ2n) is 0.448. The second-order valence-corrected chi connectivity index (χ2v) is 1.34. The third-order valence-electron chi connectivity index (χ3n) is 0. The van der Waals surface area contributed by atoms with Crippen molar-refractivity contribution in [1.82, 2.24) is 0 Å². The van der Waals surface area contributed by atoms with Crippen molar-refractivity contribution in [2.45, 2.75) is 0 Å². The van der Waals surface area contributed by atoms with Crippen LogP contribution in [0.15, 0.2) is 0 Å². The Morgan fingerprint density at radius 3 is 0.900 bits per heavy atom. The summed E-state index contributed by atoms with van der Waals surface area (Å²) in [6.45, 7) is 0. The molecule has 0 aliphatic carbocycles. The van der Waals surface area contributed by atoms with Gasteiger partial charge >= 0.3 is 124 Å². The first-order valence-corrected chi connectivity index (χ1v) is 2.10. The standard InChI is InChI=1S/Al.3Ca.Mn.H2O4S.9H/c;;;;;1-5(2,3)4;;;;;;;;;/h;;;;;(H2,1,2,3,4);;;;;;;;;. The van der Waals surface area contributed by atoms with E-state index in [1.165, 1.54) is 0 Å². The summed E-state index contributed by atoms with van der Waals surface area (Å²) in [7, 11) is -4.67. The summed E-state index contributed by atoms with van der Waals surface area (Å²) in [4.78, 5) is 0. The van der Waals surface area contributed by atoms with Crippen molar-refractivity contribution in [2.24, 2.45) is 0 Å². The van der Waals surface area contributed by atoms with Crippen LogP contribution in [0.5, 0.6) is 0 Å². The molecule has 10 heavy (non-hydrogen) atoms. The van der Waals surface area contributed by atoms with Crippen LogP contribution in [0.3, 0.4) is 0 Å². The van der Waals surface area contributed by atoms with Crippen LogP contribution in [0.1, 0.15) is 0 Å². The summed E-state index contributed by atoms with van der Waals surface area (Å²) >= 11 is 0. The molecule has 0 aromatic heterocycles. The zero-order valence-electron chi connectivity index (χ0n) is 2.50. The van der Waals surface area contributed by atoms with E-state index in [1.807, 2.05) is 0 Å². The van der Waals surface area contributed by atoms with Crippen molar-refractivity contribution in [3.05, 3.63) is 0 Å². The summed E-state index contributed by atoms with van der Waals surface area (Å²) in [5, 5.41) is 0. The number of hydrogen-bond acceptors (Lipinski definition) is 2. The minimum Gasteiger partial charge on any atom is 0 e. The van der Waals surface area contributed by atoms with Gasteiger partial charge in [-0.3, -0.25) is 9.11 Å². The largest absolute Gasteiger partial charge is 0 e. The maximum Gasteiger partial charge on any atom is 0 e. The molecule has 0 rings (SSSR count). The van der Waals surface area contributed by atoms with Crippen molar-refractivity contribution in [2.75, 3.05) is 0 Å². The zero-order chi connectivity index (χ0) is 4.50. The Morgan fingerprint density at radius 2 is 0.900 bits per heavy atom. The van der Waals surface area contributed by atoms with Gasteiger partial charge in [0.15, 0.2) is 17.4 Å². The molecule has 0 atom stereocenters. The Morgan fingerprint density at radius 1 is 0.900 bits per heavy atom. The molecule has 1 radical (unpaired) electrons. The first kappa shape index (κ1) is 36.5. The Balaban J connectivity index is -0.00000000800. The van der Waals surface area contributed by atoms with Gasteiger partial charge in [0, 0.05) is 17.1 Å². The quantitative estimate of drug-likeness (QED) is 0.349. The predicted molar refractivity (Wildman–Crippen MR) is 49.7 cm³/mol. The van der Waals surface area contributed by atoms with Gasteiger partial charge < -0.3 is 0 Å². The van der Waals surface area contributed by atoms with Crippen LogP contribution in [-0.4, -0.2) is 148 Å². The molecule has 0 aliphatic rings. The summed E-state index contributed by atoms with van der Waals surface area (Å²) < 4.78 is 31.6. The third-order valence-corrected chi connectivity index (χ3v) is 0. The minimum atomic E-state index is -4.67. The number of hydrogen-bond donors (Lipinski definition) is 2. The van der Waals surface area contributed by atoms with E-state index in [1.54, 1.807) is 0 Å². The van der Waals surface area contributed by atoms with Crippen molar-refractivity contribution in [1.29, 1.82) is 0 Å². The van der Waals surface area contributed by atoms with Gasteiger partial charge in [0.05, 0.1) is 0 Å². The maximum absolute atomic E-state index is 8.74. The molecule has 0 saturated heterocycles. The Hall–Kier alpha value is 4.70. The Labute approximate surface area is 171 Å². The van der Waals surface area contributed by atoms with Crippen molar-refractivity contribution in [3.63, 3.8) is 0 Å². The minimum absolute atomic E-state index is 0. The molecule has 0 saturated carbocycles. The normalized spacial score (nSPS) is 5.80. The molecule has 57 valence electrons. The van der Waals surface area contributed by atoms with Gasteiger partial charge in [-0.05, 0) is 0 Å². The first-order valence-electron chi connectivity index (χ1n) is 0.698. The third kappa shape index (κ3) is 78.7. The molecule has 0 unspecified atom stereocenters. The summed E-state index contributed by atoms with van der Waals surface area (Å²) in [5.41, 5.74) is 0. The zero-order valence-corrected chi connectivity index (χ0v) is 4.49. The summed E-state index contributed by atoms with van der Waals surface area (Å²) in [6, 6.07) is 0. The van der Waals surface area contributed by atoms with Gasteiger partial charge in [0.25, 0.3) is 0 Å². The molecule has 0 aromatic rings. The van der Waals surface area contributed by atoms with Gasteiger partial charge in [-0.2, -0.15) is 8.42 Å². The van der Waals surface area contributed by atoms with Crippen LogP contribution in [0.2, 0.25) is 0 Å². The molecule has 0 spiro atoms. The van der Waals surface area contributed by atoms with E-state index in [0.717, 1.165) is 0 Å².